The molecule has 11 heteroatoms. The number of nitrogens with zero attached hydrogens (tertiary/aromatic N) is 3. The maximum absolute atomic E-state index is 11.9. The maximum atomic E-state index is 11.9. The van der Waals surface area contributed by atoms with Gasteiger partial charge in [0.15, 0.2) is 0 Å². The molecule has 3 rings (SSSR count). The predicted octanol–water partition coefficient (Wildman–Crippen LogP) is 0.0942. The fraction of sp³-hybridized carbons (Fsp3) is 0.462. The summed E-state index contributed by atoms with van der Waals surface area (Å²) in [6, 6.07) is 1.77. The van der Waals surface area contributed by atoms with E-state index in [1.54, 1.807) is 12.3 Å². The Bertz CT molecular complexity index is 846. The lowest BCUT2D eigenvalue weighted by atomic mass is 10.1. The zero-order valence-electron chi connectivity index (χ0n) is 13.0. The molecule has 0 aliphatic carbocycles. The van der Waals surface area contributed by atoms with Gasteiger partial charge < -0.3 is 19.4 Å². The van der Waals surface area contributed by atoms with Crippen LogP contribution in [0.25, 0.3) is 10.8 Å². The summed E-state index contributed by atoms with van der Waals surface area (Å²) in [5.41, 5.74) is -0.344. The Balaban J connectivity index is 1.84. The first-order chi connectivity index (χ1) is 11.4. The quantitative estimate of drug-likeness (QED) is 0.554. The molecule has 0 atom stereocenters. The van der Waals surface area contributed by atoms with Gasteiger partial charge in [-0.05, 0) is 30.7 Å². The largest absolute Gasteiger partial charge is 0.480 e. The smallest absolute Gasteiger partial charge is 0.277 e. The van der Waals surface area contributed by atoms with Crippen molar-refractivity contribution >= 4 is 35.0 Å². The van der Waals surface area contributed by atoms with Crippen LogP contribution in [0.1, 0.15) is 12.8 Å². The summed E-state index contributed by atoms with van der Waals surface area (Å²) in [4.78, 5) is 37.1. The highest BCUT2D eigenvalue weighted by Gasteiger charge is 2.24. The first-order valence-corrected chi connectivity index (χ1v) is 10.1. The molecule has 130 valence electrons. The fourth-order valence-electron chi connectivity index (χ4n) is 2.86. The van der Waals surface area contributed by atoms with E-state index in [0.29, 0.717) is 42.5 Å². The third kappa shape index (κ3) is 3.73. The van der Waals surface area contributed by atoms with Gasteiger partial charge in [-0.2, -0.15) is 10.1 Å². The number of piperidine rings is 1. The molecule has 0 unspecified atom stereocenters. The summed E-state index contributed by atoms with van der Waals surface area (Å²) in [6.07, 6.45) is 2.97. The topological polar surface area (TPSA) is 124 Å². The maximum Gasteiger partial charge on any atom is 0.277 e. The number of hydrogen-bond donors (Lipinski definition) is 4. The van der Waals surface area contributed by atoms with Crippen molar-refractivity contribution < 1.29 is 14.5 Å². The van der Waals surface area contributed by atoms with Gasteiger partial charge in [0, 0.05) is 24.5 Å². The molecular weight excluding hydrogens is 353 g/mol. The summed E-state index contributed by atoms with van der Waals surface area (Å²) in [7, 11) is 1.47. The van der Waals surface area contributed by atoms with Crippen LogP contribution in [-0.4, -0.2) is 51.2 Å². The molecule has 0 radical (unpaired) electrons. The number of hydrogen-bond acceptors (Lipinski definition) is 6. The summed E-state index contributed by atoms with van der Waals surface area (Å²) >= 11 is 4.62. The lowest BCUT2D eigenvalue weighted by molar-refractivity contribution is 0.398. The van der Waals surface area contributed by atoms with E-state index < -0.39 is 6.64 Å². The summed E-state index contributed by atoms with van der Waals surface area (Å²) in [5.74, 6) is 0.949. The van der Waals surface area contributed by atoms with E-state index in [-0.39, 0.29) is 17.5 Å². The minimum absolute atomic E-state index is 0.0334. The molecule has 2 aromatic rings. The van der Waals surface area contributed by atoms with E-state index in [4.69, 9.17) is 4.74 Å². The van der Waals surface area contributed by atoms with Crippen molar-refractivity contribution in [3.8, 4) is 5.88 Å². The summed E-state index contributed by atoms with van der Waals surface area (Å²) < 4.78 is 5.25. The lowest BCUT2D eigenvalue weighted by Crippen LogP contribution is -2.41. The van der Waals surface area contributed by atoms with Crippen LogP contribution in [0.3, 0.4) is 0 Å². The van der Waals surface area contributed by atoms with Crippen LogP contribution in [-0.2, 0) is 11.8 Å². The monoisotopic (exact) mass is 371 g/mol. The van der Waals surface area contributed by atoms with Gasteiger partial charge in [-0.3, -0.25) is 4.79 Å². The van der Waals surface area contributed by atoms with Crippen LogP contribution < -0.4 is 20.3 Å². The molecule has 24 heavy (non-hydrogen) atoms. The SMILES string of the molecule is COc1nc(N2CCC(NP(O)(O)=S)CC2)cc2cn[nH]c(=O)c12. The van der Waals surface area contributed by atoms with E-state index in [9.17, 15) is 14.6 Å². The zero-order chi connectivity index (χ0) is 17.3. The van der Waals surface area contributed by atoms with Gasteiger partial charge in [0.1, 0.15) is 11.2 Å². The lowest BCUT2D eigenvalue weighted by Gasteiger charge is -2.34. The summed E-state index contributed by atoms with van der Waals surface area (Å²) in [6.45, 7) is -2.05. The molecular formula is C13H18N5O4PS. The Morgan fingerprint density at radius 1 is 1.46 bits per heavy atom. The Morgan fingerprint density at radius 3 is 2.79 bits per heavy atom. The standard InChI is InChI=1S/C13H18N5O4PS/c1-22-13-11-8(7-14-16-12(11)19)6-10(15-13)18-4-2-9(3-5-18)17-23(20,21)24/h6-7,9H,2-5H2,1H3,(H,16,19)(H3,17,20,21,24). The van der Waals surface area contributed by atoms with Gasteiger partial charge in [0.05, 0.1) is 13.3 Å². The second-order valence-corrected chi connectivity index (χ2v) is 8.46. The Kier molecular flexibility index (Phi) is 4.84. The van der Waals surface area contributed by atoms with Crippen LogP contribution in [0, 0.1) is 0 Å². The Hall–Kier alpha value is -1.58. The van der Waals surface area contributed by atoms with Gasteiger partial charge in [-0.1, -0.05) is 0 Å². The van der Waals surface area contributed by atoms with Crippen molar-refractivity contribution in [1.82, 2.24) is 20.3 Å². The number of ether oxygens (including phenoxy) is 1. The minimum Gasteiger partial charge on any atom is -0.480 e. The molecule has 4 N–H and O–H groups in total. The molecule has 2 aromatic heterocycles. The number of methoxy groups -OCH3 is 1. The van der Waals surface area contributed by atoms with E-state index in [0.717, 1.165) is 0 Å². The van der Waals surface area contributed by atoms with Crippen molar-refractivity contribution in [3.05, 3.63) is 22.6 Å². The number of anilines is 1. The van der Waals surface area contributed by atoms with Crippen molar-refractivity contribution in [2.75, 3.05) is 25.1 Å². The van der Waals surface area contributed by atoms with Crippen LogP contribution in [0.4, 0.5) is 5.82 Å². The number of H-pyrrole nitrogens is 1. The highest BCUT2D eigenvalue weighted by atomic mass is 32.5. The minimum atomic E-state index is -3.39. The number of fused-ring (bicyclic) bond motifs is 1. The second kappa shape index (κ2) is 6.73. The number of pyridine rings is 1. The van der Waals surface area contributed by atoms with Gasteiger partial charge in [0.25, 0.3) is 12.2 Å². The molecule has 1 fully saturated rings. The van der Waals surface area contributed by atoms with Crippen LogP contribution >= 0.6 is 6.64 Å². The predicted molar refractivity (Wildman–Crippen MR) is 93.8 cm³/mol. The van der Waals surface area contributed by atoms with Gasteiger partial charge in [0.2, 0.25) is 5.88 Å². The van der Waals surface area contributed by atoms with Gasteiger partial charge in [-0.15, -0.1) is 0 Å². The van der Waals surface area contributed by atoms with E-state index in [1.807, 2.05) is 0 Å². The van der Waals surface area contributed by atoms with E-state index >= 15 is 0 Å². The van der Waals surface area contributed by atoms with Crippen molar-refractivity contribution in [1.29, 1.82) is 0 Å². The normalized spacial score (nSPS) is 16.5. The summed E-state index contributed by atoms with van der Waals surface area (Å²) in [5, 5.41) is 9.91. The van der Waals surface area contributed by atoms with Gasteiger partial charge in [-0.25, -0.2) is 10.2 Å². The number of rotatable bonds is 4. The number of aromatic amines is 1. The number of aromatic nitrogens is 3. The molecule has 0 spiro atoms. The molecule has 1 saturated heterocycles. The molecule has 0 bridgehead atoms. The third-order valence-corrected chi connectivity index (χ3v) is 4.98. The second-order valence-electron chi connectivity index (χ2n) is 5.59. The molecule has 1 aliphatic rings. The molecule has 0 saturated carbocycles. The van der Waals surface area contributed by atoms with E-state index in [2.05, 4.69) is 37.0 Å². The highest BCUT2D eigenvalue weighted by Crippen LogP contribution is 2.33. The van der Waals surface area contributed by atoms with Crippen molar-refractivity contribution in [3.63, 3.8) is 0 Å². The molecule has 0 aromatic carbocycles. The van der Waals surface area contributed by atoms with Crippen LogP contribution in [0.5, 0.6) is 5.88 Å². The molecule has 3 heterocycles. The van der Waals surface area contributed by atoms with Crippen molar-refractivity contribution in [2.24, 2.45) is 0 Å². The number of nitrogens with one attached hydrogen (secondary N) is 2. The molecule has 9 nitrogen and oxygen atoms in total. The zero-order valence-corrected chi connectivity index (χ0v) is 14.7. The molecule has 1 aliphatic heterocycles. The van der Waals surface area contributed by atoms with Crippen LogP contribution in [0.15, 0.2) is 17.1 Å². The van der Waals surface area contributed by atoms with Crippen molar-refractivity contribution in [2.45, 2.75) is 18.9 Å². The van der Waals surface area contributed by atoms with Crippen LogP contribution in [0.2, 0.25) is 0 Å². The van der Waals surface area contributed by atoms with Gasteiger partial charge >= 0.3 is 0 Å². The fourth-order valence-corrected chi connectivity index (χ4v) is 4.04. The Labute approximate surface area is 142 Å². The third-order valence-electron chi connectivity index (χ3n) is 3.96. The average Bonchev–Trinajstić information content (AvgIpc) is 2.53. The highest BCUT2D eigenvalue weighted by molar-refractivity contribution is 8.08. The molecule has 0 amide bonds. The van der Waals surface area contributed by atoms with E-state index in [1.165, 1.54) is 7.11 Å². The average molecular weight is 371 g/mol. The first-order valence-electron chi connectivity index (χ1n) is 7.38. The Morgan fingerprint density at radius 2 is 2.17 bits per heavy atom. The first kappa shape index (κ1) is 17.2.